The first-order valence-corrected chi connectivity index (χ1v) is 10.8. The van der Waals surface area contributed by atoms with Gasteiger partial charge in [-0.15, -0.1) is 0 Å². The average molecular weight is 425 g/mol. The van der Waals surface area contributed by atoms with Crippen LogP contribution in [0.2, 0.25) is 0 Å². The number of H-pyrrole nitrogens is 1. The summed E-state index contributed by atoms with van der Waals surface area (Å²) in [5.74, 6) is 0.181. The van der Waals surface area contributed by atoms with Gasteiger partial charge in [-0.05, 0) is 54.3 Å². The molecule has 6 heteroatoms. The number of aromatic nitrogens is 2. The van der Waals surface area contributed by atoms with E-state index >= 15 is 0 Å². The molecule has 5 rings (SSSR count). The second kappa shape index (κ2) is 8.30. The quantitative estimate of drug-likeness (QED) is 0.484. The number of hydrogen-bond acceptors (Lipinski definition) is 3. The number of likely N-dealkylation sites (tertiary alicyclic amines) is 1. The average Bonchev–Trinajstić information content (AvgIpc) is 3.28. The number of carbonyl (C=O) groups is 2. The molecule has 0 atom stereocenters. The number of rotatable bonds is 4. The van der Waals surface area contributed by atoms with E-state index in [1.807, 2.05) is 47.4 Å². The van der Waals surface area contributed by atoms with Gasteiger partial charge in [0, 0.05) is 24.6 Å². The van der Waals surface area contributed by atoms with Crippen molar-refractivity contribution in [2.75, 3.05) is 13.1 Å². The standard InChI is InChI=1S/C26H23N3O3/c30-25(20-8-6-18(7-9-20)17-4-2-1-3-5-17)29-14-12-19(13-15-29)24-27-22-11-10-21(26(31)32)16-23(22)28-24/h1-11,16,19H,12-15H2,(H,27,28)(H,31,32). The van der Waals surface area contributed by atoms with Gasteiger partial charge in [-0.3, -0.25) is 4.79 Å². The number of nitrogens with zero attached hydrogens (tertiary/aromatic N) is 2. The number of imidazole rings is 1. The summed E-state index contributed by atoms with van der Waals surface area (Å²) in [6.45, 7) is 1.34. The highest BCUT2D eigenvalue weighted by Crippen LogP contribution is 2.29. The summed E-state index contributed by atoms with van der Waals surface area (Å²) in [7, 11) is 0. The van der Waals surface area contributed by atoms with Crippen LogP contribution in [0.1, 0.15) is 45.3 Å². The molecule has 0 spiro atoms. The second-order valence-electron chi connectivity index (χ2n) is 8.17. The van der Waals surface area contributed by atoms with E-state index in [-0.39, 0.29) is 17.4 Å². The Morgan fingerprint density at radius 2 is 1.53 bits per heavy atom. The third-order valence-corrected chi connectivity index (χ3v) is 6.16. The van der Waals surface area contributed by atoms with Crippen LogP contribution in [-0.2, 0) is 0 Å². The van der Waals surface area contributed by atoms with Crippen LogP contribution in [0.15, 0.2) is 72.8 Å². The molecular weight excluding hydrogens is 402 g/mol. The van der Waals surface area contributed by atoms with Crippen molar-refractivity contribution in [2.45, 2.75) is 18.8 Å². The Morgan fingerprint density at radius 3 is 2.22 bits per heavy atom. The molecule has 2 heterocycles. The number of aromatic carboxylic acids is 1. The largest absolute Gasteiger partial charge is 0.478 e. The van der Waals surface area contributed by atoms with E-state index in [0.717, 1.165) is 35.3 Å². The monoisotopic (exact) mass is 425 g/mol. The molecule has 1 aliphatic rings. The van der Waals surface area contributed by atoms with Crippen molar-refractivity contribution in [2.24, 2.45) is 0 Å². The van der Waals surface area contributed by atoms with Gasteiger partial charge in [0.25, 0.3) is 5.91 Å². The lowest BCUT2D eigenvalue weighted by molar-refractivity contribution is 0.0693. The fourth-order valence-corrected chi connectivity index (χ4v) is 4.33. The van der Waals surface area contributed by atoms with Crippen molar-refractivity contribution in [1.82, 2.24) is 14.9 Å². The minimum absolute atomic E-state index is 0.0544. The molecule has 2 N–H and O–H groups in total. The first kappa shape index (κ1) is 20.0. The fraction of sp³-hybridized carbons (Fsp3) is 0.192. The molecule has 3 aromatic carbocycles. The highest BCUT2D eigenvalue weighted by Gasteiger charge is 2.26. The van der Waals surface area contributed by atoms with Gasteiger partial charge in [-0.1, -0.05) is 42.5 Å². The molecule has 1 aromatic heterocycles. The predicted octanol–water partition coefficient (Wildman–Crippen LogP) is 4.95. The van der Waals surface area contributed by atoms with Crippen molar-refractivity contribution in [3.63, 3.8) is 0 Å². The summed E-state index contributed by atoms with van der Waals surface area (Å²) in [5, 5.41) is 9.17. The molecule has 1 fully saturated rings. The third kappa shape index (κ3) is 3.87. The fourth-order valence-electron chi connectivity index (χ4n) is 4.33. The van der Waals surface area contributed by atoms with Crippen LogP contribution in [0.5, 0.6) is 0 Å². The number of nitrogens with one attached hydrogen (secondary N) is 1. The van der Waals surface area contributed by atoms with Gasteiger partial charge in [0.2, 0.25) is 0 Å². The van der Waals surface area contributed by atoms with E-state index in [0.29, 0.717) is 24.2 Å². The summed E-state index contributed by atoms with van der Waals surface area (Å²) in [4.78, 5) is 34.0. The topological polar surface area (TPSA) is 86.3 Å². The highest BCUT2D eigenvalue weighted by atomic mass is 16.4. The minimum atomic E-state index is -0.958. The van der Waals surface area contributed by atoms with Crippen molar-refractivity contribution < 1.29 is 14.7 Å². The first-order chi connectivity index (χ1) is 15.6. The predicted molar refractivity (Wildman–Crippen MR) is 123 cm³/mol. The zero-order valence-corrected chi connectivity index (χ0v) is 17.5. The Kier molecular flexibility index (Phi) is 5.19. The van der Waals surface area contributed by atoms with E-state index in [9.17, 15) is 14.7 Å². The number of carboxylic acid groups (broad SMARTS) is 1. The van der Waals surface area contributed by atoms with Crippen LogP contribution in [0.25, 0.3) is 22.2 Å². The smallest absolute Gasteiger partial charge is 0.335 e. The molecular formula is C26H23N3O3. The normalized spacial score (nSPS) is 14.6. The third-order valence-electron chi connectivity index (χ3n) is 6.16. The molecule has 1 saturated heterocycles. The minimum Gasteiger partial charge on any atom is -0.478 e. The lowest BCUT2D eigenvalue weighted by Crippen LogP contribution is -2.38. The van der Waals surface area contributed by atoms with Gasteiger partial charge in [-0.25, -0.2) is 9.78 Å². The molecule has 0 unspecified atom stereocenters. The Morgan fingerprint density at radius 1 is 0.875 bits per heavy atom. The Bertz CT molecular complexity index is 1270. The first-order valence-electron chi connectivity index (χ1n) is 10.8. The maximum atomic E-state index is 13.0. The van der Waals surface area contributed by atoms with Crippen LogP contribution < -0.4 is 0 Å². The summed E-state index contributed by atoms with van der Waals surface area (Å²) < 4.78 is 0. The van der Waals surface area contributed by atoms with Crippen molar-refractivity contribution in [1.29, 1.82) is 0 Å². The molecule has 0 radical (unpaired) electrons. The number of carbonyl (C=O) groups excluding carboxylic acids is 1. The summed E-state index contributed by atoms with van der Waals surface area (Å²) in [6.07, 6.45) is 1.64. The zero-order chi connectivity index (χ0) is 22.1. The van der Waals surface area contributed by atoms with E-state index in [2.05, 4.69) is 22.1 Å². The Hall–Kier alpha value is -3.93. The van der Waals surface area contributed by atoms with Gasteiger partial charge in [-0.2, -0.15) is 0 Å². The summed E-state index contributed by atoms with van der Waals surface area (Å²) in [6, 6.07) is 22.8. The molecule has 32 heavy (non-hydrogen) atoms. The Labute approximate surface area is 185 Å². The van der Waals surface area contributed by atoms with Crippen molar-refractivity contribution in [3.05, 3.63) is 89.7 Å². The van der Waals surface area contributed by atoms with Crippen LogP contribution in [0, 0.1) is 0 Å². The number of fused-ring (bicyclic) bond motifs is 1. The number of piperidine rings is 1. The molecule has 0 bridgehead atoms. The van der Waals surface area contributed by atoms with Crippen LogP contribution >= 0.6 is 0 Å². The van der Waals surface area contributed by atoms with Gasteiger partial charge < -0.3 is 15.0 Å². The number of carboxylic acids is 1. The lowest BCUT2D eigenvalue weighted by atomic mass is 9.95. The molecule has 0 saturated carbocycles. The molecule has 1 aliphatic heterocycles. The van der Waals surface area contributed by atoms with Crippen molar-refractivity contribution >= 4 is 22.9 Å². The van der Waals surface area contributed by atoms with Gasteiger partial charge in [0.15, 0.2) is 0 Å². The number of amides is 1. The zero-order valence-electron chi connectivity index (χ0n) is 17.5. The van der Waals surface area contributed by atoms with E-state index in [1.54, 1.807) is 18.2 Å². The van der Waals surface area contributed by atoms with Crippen LogP contribution in [0.3, 0.4) is 0 Å². The van der Waals surface area contributed by atoms with Gasteiger partial charge >= 0.3 is 5.97 Å². The Balaban J connectivity index is 1.25. The number of aromatic amines is 1. The molecule has 1 amide bonds. The van der Waals surface area contributed by atoms with Crippen LogP contribution in [-0.4, -0.2) is 44.9 Å². The van der Waals surface area contributed by atoms with Crippen molar-refractivity contribution in [3.8, 4) is 11.1 Å². The molecule has 0 aliphatic carbocycles. The second-order valence-corrected chi connectivity index (χ2v) is 8.17. The summed E-state index contributed by atoms with van der Waals surface area (Å²) in [5.41, 5.74) is 4.66. The van der Waals surface area contributed by atoms with Gasteiger partial charge in [0.1, 0.15) is 5.82 Å². The molecule has 160 valence electrons. The maximum Gasteiger partial charge on any atom is 0.335 e. The van der Waals surface area contributed by atoms with E-state index in [4.69, 9.17) is 0 Å². The highest BCUT2D eigenvalue weighted by molar-refractivity contribution is 5.95. The number of hydrogen-bond donors (Lipinski definition) is 2. The van der Waals surface area contributed by atoms with E-state index < -0.39 is 5.97 Å². The van der Waals surface area contributed by atoms with Gasteiger partial charge in [0.05, 0.1) is 16.6 Å². The molecule has 6 nitrogen and oxygen atoms in total. The summed E-state index contributed by atoms with van der Waals surface area (Å²) >= 11 is 0. The number of benzene rings is 3. The maximum absolute atomic E-state index is 13.0. The SMILES string of the molecule is O=C(O)c1ccc2[nH]c(C3CCN(C(=O)c4ccc(-c5ccccc5)cc4)CC3)nc2c1. The van der Waals surface area contributed by atoms with E-state index in [1.165, 1.54) is 0 Å². The lowest BCUT2D eigenvalue weighted by Gasteiger charge is -2.31. The molecule has 4 aromatic rings. The van der Waals surface area contributed by atoms with Crippen LogP contribution in [0.4, 0.5) is 0 Å².